The summed E-state index contributed by atoms with van der Waals surface area (Å²) in [4.78, 5) is 22.5. The lowest BCUT2D eigenvalue weighted by Gasteiger charge is -2.24. The molecule has 0 radical (unpaired) electrons. The van der Waals surface area contributed by atoms with E-state index in [1.165, 1.54) is 12.8 Å². The highest BCUT2D eigenvalue weighted by atomic mass is 16.2. The smallest absolute Gasteiger partial charge is 0.315 e. The van der Waals surface area contributed by atoms with Crippen LogP contribution in [-0.2, 0) is 4.79 Å². The summed E-state index contributed by atoms with van der Waals surface area (Å²) in [6.45, 7) is 0.552. The van der Waals surface area contributed by atoms with Gasteiger partial charge < -0.3 is 16.0 Å². The first-order valence-corrected chi connectivity index (χ1v) is 6.08. The number of piperidine rings is 1. The van der Waals surface area contributed by atoms with Crippen molar-refractivity contribution in [3.8, 4) is 0 Å². The Hall–Kier alpha value is -1.26. The fourth-order valence-electron chi connectivity index (χ4n) is 2.34. The van der Waals surface area contributed by atoms with Gasteiger partial charge in [-0.3, -0.25) is 4.79 Å². The normalized spacial score (nSPS) is 26.2. The summed E-state index contributed by atoms with van der Waals surface area (Å²) in [6.07, 6.45) is 5.86. The van der Waals surface area contributed by atoms with Crippen LogP contribution in [0, 0.1) is 0 Å². The van der Waals surface area contributed by atoms with Crippen molar-refractivity contribution in [1.29, 1.82) is 0 Å². The second-order valence-corrected chi connectivity index (χ2v) is 4.64. The minimum Gasteiger partial charge on any atom is -0.354 e. The lowest BCUT2D eigenvalue weighted by atomic mass is 10.1. The number of nitrogens with one attached hydrogen (secondary N) is 3. The van der Waals surface area contributed by atoms with Gasteiger partial charge in [0, 0.05) is 25.0 Å². The quantitative estimate of drug-likeness (QED) is 0.640. The molecular weight excluding hydrogens is 206 g/mol. The molecule has 2 aliphatic rings. The van der Waals surface area contributed by atoms with E-state index in [2.05, 4.69) is 16.0 Å². The van der Waals surface area contributed by atoms with Crippen molar-refractivity contribution >= 4 is 11.9 Å². The highest BCUT2D eigenvalue weighted by Crippen LogP contribution is 2.17. The van der Waals surface area contributed by atoms with Crippen LogP contribution < -0.4 is 16.0 Å². The SMILES string of the molecule is O=C1CCC(NC(=O)NC2CCCC2)CN1. The van der Waals surface area contributed by atoms with E-state index in [0.717, 1.165) is 19.3 Å². The molecule has 1 heterocycles. The molecule has 0 spiro atoms. The minimum absolute atomic E-state index is 0.0780. The summed E-state index contributed by atoms with van der Waals surface area (Å²) in [5, 5.41) is 8.63. The van der Waals surface area contributed by atoms with Gasteiger partial charge in [0.2, 0.25) is 5.91 Å². The van der Waals surface area contributed by atoms with Crippen molar-refractivity contribution in [3.05, 3.63) is 0 Å². The molecule has 3 N–H and O–H groups in total. The second-order valence-electron chi connectivity index (χ2n) is 4.64. The maximum absolute atomic E-state index is 11.6. The largest absolute Gasteiger partial charge is 0.354 e. The van der Waals surface area contributed by atoms with Crippen molar-refractivity contribution < 1.29 is 9.59 Å². The zero-order valence-electron chi connectivity index (χ0n) is 9.42. The molecule has 1 atom stereocenters. The lowest BCUT2D eigenvalue weighted by Crippen LogP contribution is -2.52. The molecule has 3 amide bonds. The predicted octanol–water partition coefficient (Wildman–Crippen LogP) is 0.507. The first-order chi connectivity index (χ1) is 7.74. The van der Waals surface area contributed by atoms with Crippen LogP contribution in [0.15, 0.2) is 0 Å². The highest BCUT2D eigenvalue weighted by molar-refractivity contribution is 5.78. The van der Waals surface area contributed by atoms with Gasteiger partial charge in [0.25, 0.3) is 0 Å². The van der Waals surface area contributed by atoms with E-state index in [4.69, 9.17) is 0 Å². The van der Waals surface area contributed by atoms with Gasteiger partial charge in [-0.2, -0.15) is 0 Å². The Morgan fingerprint density at radius 3 is 2.44 bits per heavy atom. The summed E-state index contributed by atoms with van der Waals surface area (Å²) in [5.41, 5.74) is 0. The highest BCUT2D eigenvalue weighted by Gasteiger charge is 2.21. The van der Waals surface area contributed by atoms with Crippen LogP contribution in [0.4, 0.5) is 4.79 Å². The molecule has 0 aromatic carbocycles. The number of urea groups is 1. The Morgan fingerprint density at radius 2 is 1.81 bits per heavy atom. The van der Waals surface area contributed by atoms with E-state index in [-0.39, 0.29) is 18.0 Å². The fraction of sp³-hybridized carbons (Fsp3) is 0.818. The summed E-state index contributed by atoms with van der Waals surface area (Å²) >= 11 is 0. The molecule has 0 aromatic rings. The Kier molecular flexibility index (Phi) is 3.64. The van der Waals surface area contributed by atoms with Crippen molar-refractivity contribution in [2.45, 2.75) is 50.6 Å². The number of amides is 3. The number of hydrogen-bond donors (Lipinski definition) is 3. The van der Waals surface area contributed by atoms with Crippen LogP contribution >= 0.6 is 0 Å². The van der Waals surface area contributed by atoms with Crippen LogP contribution in [0.2, 0.25) is 0 Å². The number of carbonyl (C=O) groups excluding carboxylic acids is 2. The zero-order valence-corrected chi connectivity index (χ0v) is 9.42. The summed E-state index contributed by atoms with van der Waals surface area (Å²) in [7, 11) is 0. The molecule has 1 unspecified atom stereocenters. The summed E-state index contributed by atoms with van der Waals surface area (Å²) in [5.74, 6) is 0.0780. The van der Waals surface area contributed by atoms with E-state index < -0.39 is 0 Å². The van der Waals surface area contributed by atoms with E-state index in [1.807, 2.05) is 0 Å². The molecule has 1 saturated carbocycles. The van der Waals surface area contributed by atoms with Gasteiger partial charge in [0.05, 0.1) is 0 Å². The zero-order chi connectivity index (χ0) is 11.4. The molecule has 2 fully saturated rings. The minimum atomic E-state index is -0.0898. The average Bonchev–Trinajstić information content (AvgIpc) is 2.74. The first-order valence-electron chi connectivity index (χ1n) is 6.08. The molecule has 0 bridgehead atoms. The molecule has 1 aliphatic carbocycles. The average molecular weight is 225 g/mol. The van der Waals surface area contributed by atoms with Crippen LogP contribution in [0.3, 0.4) is 0 Å². The van der Waals surface area contributed by atoms with Crippen LogP contribution in [0.25, 0.3) is 0 Å². The third kappa shape index (κ3) is 3.12. The van der Waals surface area contributed by atoms with Crippen LogP contribution in [0.1, 0.15) is 38.5 Å². The monoisotopic (exact) mass is 225 g/mol. The van der Waals surface area contributed by atoms with Crippen LogP contribution in [-0.4, -0.2) is 30.6 Å². The predicted molar refractivity (Wildman–Crippen MR) is 60.0 cm³/mol. The molecule has 1 saturated heterocycles. The fourth-order valence-corrected chi connectivity index (χ4v) is 2.34. The van der Waals surface area contributed by atoms with E-state index in [0.29, 0.717) is 19.0 Å². The van der Waals surface area contributed by atoms with Gasteiger partial charge in [-0.1, -0.05) is 12.8 Å². The van der Waals surface area contributed by atoms with Gasteiger partial charge in [-0.25, -0.2) is 4.79 Å². The van der Waals surface area contributed by atoms with E-state index in [1.54, 1.807) is 0 Å². The molecule has 0 aromatic heterocycles. The van der Waals surface area contributed by atoms with Gasteiger partial charge >= 0.3 is 6.03 Å². The van der Waals surface area contributed by atoms with Crippen LogP contribution in [0.5, 0.6) is 0 Å². The standard InChI is InChI=1S/C11H19N3O2/c15-10-6-5-9(7-12-10)14-11(16)13-8-3-1-2-4-8/h8-9H,1-7H2,(H,12,15)(H2,13,14,16). The molecular formula is C11H19N3O2. The maximum Gasteiger partial charge on any atom is 0.315 e. The Balaban J connectivity index is 1.68. The van der Waals surface area contributed by atoms with Crippen molar-refractivity contribution in [1.82, 2.24) is 16.0 Å². The van der Waals surface area contributed by atoms with Gasteiger partial charge in [-0.05, 0) is 19.3 Å². The molecule has 16 heavy (non-hydrogen) atoms. The molecule has 1 aliphatic heterocycles. The number of rotatable bonds is 2. The molecule has 2 rings (SSSR count). The van der Waals surface area contributed by atoms with E-state index >= 15 is 0 Å². The van der Waals surface area contributed by atoms with E-state index in [9.17, 15) is 9.59 Å². The first kappa shape index (κ1) is 11.2. The number of carbonyl (C=O) groups is 2. The summed E-state index contributed by atoms with van der Waals surface area (Å²) in [6, 6.07) is 0.338. The summed E-state index contributed by atoms with van der Waals surface area (Å²) < 4.78 is 0. The lowest BCUT2D eigenvalue weighted by molar-refractivity contribution is -0.122. The third-order valence-electron chi connectivity index (χ3n) is 3.29. The topological polar surface area (TPSA) is 70.2 Å². The third-order valence-corrected chi connectivity index (χ3v) is 3.29. The van der Waals surface area contributed by atoms with Crippen molar-refractivity contribution in [2.75, 3.05) is 6.54 Å². The van der Waals surface area contributed by atoms with Gasteiger partial charge in [0.1, 0.15) is 0 Å². The van der Waals surface area contributed by atoms with Crippen molar-refractivity contribution in [3.63, 3.8) is 0 Å². The molecule has 90 valence electrons. The van der Waals surface area contributed by atoms with Crippen molar-refractivity contribution in [2.24, 2.45) is 0 Å². The molecule has 5 nitrogen and oxygen atoms in total. The molecule has 5 heteroatoms. The number of hydrogen-bond acceptors (Lipinski definition) is 2. The van der Waals surface area contributed by atoms with Gasteiger partial charge in [-0.15, -0.1) is 0 Å². The Bertz CT molecular complexity index is 264. The Labute approximate surface area is 95.3 Å². The van der Waals surface area contributed by atoms with Gasteiger partial charge in [0.15, 0.2) is 0 Å². The maximum atomic E-state index is 11.6. The second kappa shape index (κ2) is 5.18. The Morgan fingerprint density at radius 1 is 1.12 bits per heavy atom.